The number of halogens is 1. The molecule has 1 saturated heterocycles. The zero-order valence-electron chi connectivity index (χ0n) is 12.7. The van der Waals surface area contributed by atoms with Crippen LogP contribution >= 0.6 is 15.9 Å². The topological polar surface area (TPSA) is 75.4 Å². The number of benzene rings is 1. The highest BCUT2D eigenvalue weighted by molar-refractivity contribution is 9.10. The first kappa shape index (κ1) is 17.0. The zero-order valence-corrected chi connectivity index (χ0v) is 14.3. The van der Waals surface area contributed by atoms with Gasteiger partial charge in [0.1, 0.15) is 0 Å². The molecule has 6 heteroatoms. The molecule has 2 atom stereocenters. The maximum atomic E-state index is 12.2. The number of carbonyl (C=O) groups excluding carboxylic acids is 2. The van der Waals surface area contributed by atoms with E-state index in [1.54, 1.807) is 0 Å². The van der Waals surface area contributed by atoms with Crippen LogP contribution in [-0.2, 0) is 9.59 Å². The summed E-state index contributed by atoms with van der Waals surface area (Å²) in [5, 5.41) is 3.00. The molecule has 0 bridgehead atoms. The predicted octanol–water partition coefficient (Wildman–Crippen LogP) is 1.82. The normalized spacial score (nSPS) is 20.4. The Kier molecular flexibility index (Phi) is 5.97. The number of rotatable bonds is 5. The van der Waals surface area contributed by atoms with Gasteiger partial charge in [-0.25, -0.2) is 0 Å². The molecule has 1 aromatic rings. The fourth-order valence-corrected chi connectivity index (χ4v) is 3.45. The van der Waals surface area contributed by atoms with Gasteiger partial charge in [-0.1, -0.05) is 34.1 Å². The van der Waals surface area contributed by atoms with E-state index in [2.05, 4.69) is 21.2 Å². The van der Waals surface area contributed by atoms with Crippen molar-refractivity contribution in [2.75, 3.05) is 19.6 Å². The Labute approximate surface area is 139 Å². The van der Waals surface area contributed by atoms with Crippen LogP contribution in [0.1, 0.15) is 31.4 Å². The number of carbonyl (C=O) groups is 2. The quantitative estimate of drug-likeness (QED) is 0.833. The molecule has 1 aliphatic rings. The highest BCUT2D eigenvalue weighted by Gasteiger charge is 2.25. The van der Waals surface area contributed by atoms with Crippen LogP contribution in [0.15, 0.2) is 28.7 Å². The van der Waals surface area contributed by atoms with Gasteiger partial charge in [0.05, 0.1) is 18.5 Å². The standard InChI is InChI=1S/C16H22BrN3O2/c1-11(13-6-2-3-7-14(13)17)19-15(21)10-20-8-4-5-12(9-20)16(18)22/h2-3,6-7,11-12H,4-5,8-10H2,1H3,(H2,18,22)(H,19,21)/t11-,12+/m1/s1. The average molecular weight is 368 g/mol. The highest BCUT2D eigenvalue weighted by atomic mass is 79.9. The van der Waals surface area contributed by atoms with E-state index in [1.807, 2.05) is 36.1 Å². The fraction of sp³-hybridized carbons (Fsp3) is 0.500. The molecule has 0 aliphatic carbocycles. The van der Waals surface area contributed by atoms with Crippen LogP contribution < -0.4 is 11.1 Å². The Morgan fingerprint density at radius 2 is 2.18 bits per heavy atom. The van der Waals surface area contributed by atoms with Crippen LogP contribution in [0.3, 0.4) is 0 Å². The Morgan fingerprint density at radius 1 is 1.45 bits per heavy atom. The molecular formula is C16H22BrN3O2. The molecule has 120 valence electrons. The first-order valence-electron chi connectivity index (χ1n) is 7.53. The largest absolute Gasteiger partial charge is 0.369 e. The lowest BCUT2D eigenvalue weighted by molar-refractivity contribution is -0.127. The number of nitrogens with one attached hydrogen (secondary N) is 1. The second kappa shape index (κ2) is 7.74. The fourth-order valence-electron chi connectivity index (χ4n) is 2.83. The van der Waals surface area contributed by atoms with Crippen LogP contribution in [0.2, 0.25) is 0 Å². The summed E-state index contributed by atoms with van der Waals surface area (Å²) in [4.78, 5) is 25.5. The molecule has 0 radical (unpaired) electrons. The van der Waals surface area contributed by atoms with Crippen molar-refractivity contribution in [3.8, 4) is 0 Å². The number of hydrogen-bond donors (Lipinski definition) is 2. The third-order valence-electron chi connectivity index (χ3n) is 4.02. The second-order valence-corrected chi connectivity index (χ2v) is 6.64. The van der Waals surface area contributed by atoms with E-state index >= 15 is 0 Å². The third kappa shape index (κ3) is 4.55. The van der Waals surface area contributed by atoms with Gasteiger partial charge in [0.25, 0.3) is 0 Å². The van der Waals surface area contributed by atoms with Crippen molar-refractivity contribution in [2.45, 2.75) is 25.8 Å². The van der Waals surface area contributed by atoms with Crippen molar-refractivity contribution in [2.24, 2.45) is 11.7 Å². The maximum Gasteiger partial charge on any atom is 0.234 e. The molecule has 2 amide bonds. The SMILES string of the molecule is C[C@@H](NC(=O)CN1CCC[C@H](C(N)=O)C1)c1ccccc1Br. The highest BCUT2D eigenvalue weighted by Crippen LogP contribution is 2.22. The van der Waals surface area contributed by atoms with Gasteiger partial charge in [0, 0.05) is 11.0 Å². The minimum absolute atomic E-state index is 0.0339. The first-order chi connectivity index (χ1) is 10.5. The van der Waals surface area contributed by atoms with E-state index in [1.165, 1.54) is 0 Å². The summed E-state index contributed by atoms with van der Waals surface area (Å²) in [5.74, 6) is -0.442. The summed E-state index contributed by atoms with van der Waals surface area (Å²) in [6.07, 6.45) is 1.72. The van der Waals surface area contributed by atoms with Crippen LogP contribution in [0, 0.1) is 5.92 Å². The molecule has 1 aromatic carbocycles. The molecule has 1 fully saturated rings. The van der Waals surface area contributed by atoms with Crippen LogP contribution in [0.5, 0.6) is 0 Å². The molecule has 0 unspecified atom stereocenters. The smallest absolute Gasteiger partial charge is 0.234 e. The summed E-state index contributed by atoms with van der Waals surface area (Å²) < 4.78 is 0.981. The molecule has 3 N–H and O–H groups in total. The second-order valence-electron chi connectivity index (χ2n) is 5.79. The molecular weight excluding hydrogens is 346 g/mol. The van der Waals surface area contributed by atoms with E-state index in [0.717, 1.165) is 29.4 Å². The predicted molar refractivity (Wildman–Crippen MR) is 89.1 cm³/mol. The molecule has 0 saturated carbocycles. The van der Waals surface area contributed by atoms with Gasteiger partial charge in [-0.15, -0.1) is 0 Å². The van der Waals surface area contributed by atoms with E-state index in [-0.39, 0.29) is 23.8 Å². The lowest BCUT2D eigenvalue weighted by Crippen LogP contribution is -2.45. The number of hydrogen-bond acceptors (Lipinski definition) is 3. The maximum absolute atomic E-state index is 12.2. The Morgan fingerprint density at radius 3 is 2.86 bits per heavy atom. The summed E-state index contributed by atoms with van der Waals surface area (Å²) >= 11 is 3.50. The van der Waals surface area contributed by atoms with Gasteiger partial charge in [-0.3, -0.25) is 14.5 Å². The van der Waals surface area contributed by atoms with Gasteiger partial charge in [0.2, 0.25) is 11.8 Å². The molecule has 1 heterocycles. The van der Waals surface area contributed by atoms with Crippen molar-refractivity contribution in [1.29, 1.82) is 0 Å². The monoisotopic (exact) mass is 367 g/mol. The summed E-state index contributed by atoms with van der Waals surface area (Å²) in [7, 11) is 0. The minimum atomic E-state index is -0.272. The van der Waals surface area contributed by atoms with Crippen molar-refractivity contribution >= 4 is 27.7 Å². The Balaban J connectivity index is 1.87. The number of nitrogens with zero attached hydrogens (tertiary/aromatic N) is 1. The number of piperidine rings is 1. The van der Waals surface area contributed by atoms with Gasteiger partial charge in [-0.2, -0.15) is 0 Å². The van der Waals surface area contributed by atoms with Crippen molar-refractivity contribution in [1.82, 2.24) is 10.2 Å². The molecule has 0 spiro atoms. The van der Waals surface area contributed by atoms with Gasteiger partial charge in [0.15, 0.2) is 0 Å². The number of likely N-dealkylation sites (tertiary alicyclic amines) is 1. The number of primary amides is 1. The Bertz CT molecular complexity index is 550. The van der Waals surface area contributed by atoms with Crippen LogP contribution in [0.25, 0.3) is 0 Å². The summed E-state index contributed by atoms with van der Waals surface area (Å²) in [5.41, 5.74) is 6.41. The van der Waals surface area contributed by atoms with E-state index in [9.17, 15) is 9.59 Å². The molecule has 2 rings (SSSR count). The van der Waals surface area contributed by atoms with Crippen LogP contribution in [-0.4, -0.2) is 36.3 Å². The van der Waals surface area contributed by atoms with Crippen molar-refractivity contribution < 1.29 is 9.59 Å². The first-order valence-corrected chi connectivity index (χ1v) is 8.32. The minimum Gasteiger partial charge on any atom is -0.369 e. The van der Waals surface area contributed by atoms with E-state index in [4.69, 9.17) is 5.73 Å². The molecule has 22 heavy (non-hydrogen) atoms. The molecule has 1 aliphatic heterocycles. The summed E-state index contributed by atoms with van der Waals surface area (Å²) in [6, 6.07) is 7.77. The van der Waals surface area contributed by atoms with Gasteiger partial charge < -0.3 is 11.1 Å². The average Bonchev–Trinajstić information content (AvgIpc) is 2.47. The van der Waals surface area contributed by atoms with E-state index < -0.39 is 0 Å². The van der Waals surface area contributed by atoms with Gasteiger partial charge in [-0.05, 0) is 37.9 Å². The number of amides is 2. The lowest BCUT2D eigenvalue weighted by Gasteiger charge is -2.30. The third-order valence-corrected chi connectivity index (χ3v) is 4.75. The van der Waals surface area contributed by atoms with Crippen molar-refractivity contribution in [3.05, 3.63) is 34.3 Å². The van der Waals surface area contributed by atoms with Crippen LogP contribution in [0.4, 0.5) is 0 Å². The Hall–Kier alpha value is -1.40. The number of nitrogens with two attached hydrogens (primary N) is 1. The lowest BCUT2D eigenvalue weighted by atomic mass is 9.97. The molecule has 5 nitrogen and oxygen atoms in total. The van der Waals surface area contributed by atoms with Gasteiger partial charge >= 0.3 is 0 Å². The molecule has 0 aromatic heterocycles. The van der Waals surface area contributed by atoms with Crippen molar-refractivity contribution in [3.63, 3.8) is 0 Å². The van der Waals surface area contributed by atoms with E-state index in [0.29, 0.717) is 13.1 Å². The zero-order chi connectivity index (χ0) is 16.1. The summed E-state index contributed by atoms with van der Waals surface area (Å²) in [6.45, 7) is 3.67.